The second-order valence-corrected chi connectivity index (χ2v) is 9.95. The summed E-state index contributed by atoms with van der Waals surface area (Å²) in [5.41, 5.74) is 5.14. The number of aliphatic imine (C=N–C) groups is 1. The molecule has 0 unspecified atom stereocenters. The molecule has 41 heavy (non-hydrogen) atoms. The SMILES string of the molecule is COc1ccc(-c2oc(/N=C/c3cn(-c4ccccc4)nc3-c3cccs3)c(C#N)c2-c2ccc(OC)cc2)cc1. The van der Waals surface area contributed by atoms with E-state index in [4.69, 9.17) is 24.0 Å². The third-order valence-corrected chi connectivity index (χ3v) is 7.45. The van der Waals surface area contributed by atoms with E-state index in [0.717, 1.165) is 44.4 Å². The number of methoxy groups -OCH3 is 2. The lowest BCUT2D eigenvalue weighted by atomic mass is 9.98. The molecule has 7 nitrogen and oxygen atoms in total. The molecule has 0 aliphatic carbocycles. The third kappa shape index (κ3) is 5.14. The fourth-order valence-electron chi connectivity index (χ4n) is 4.52. The summed E-state index contributed by atoms with van der Waals surface area (Å²) in [6.07, 6.45) is 3.63. The van der Waals surface area contributed by atoms with Gasteiger partial charge in [0.1, 0.15) is 34.6 Å². The van der Waals surface area contributed by atoms with E-state index in [2.05, 4.69) is 6.07 Å². The number of ether oxygens (including phenoxy) is 2. The van der Waals surface area contributed by atoms with Crippen LogP contribution in [0, 0.1) is 11.3 Å². The second-order valence-electron chi connectivity index (χ2n) is 9.00. The normalized spacial score (nSPS) is 11.0. The molecular formula is C33H24N4O3S. The Morgan fingerprint density at radius 2 is 1.56 bits per heavy atom. The minimum atomic E-state index is 0.216. The average Bonchev–Trinajstić information content (AvgIpc) is 3.79. The first-order valence-corrected chi connectivity index (χ1v) is 13.6. The molecule has 0 N–H and O–H groups in total. The van der Waals surface area contributed by atoms with Crippen LogP contribution < -0.4 is 9.47 Å². The molecular weight excluding hydrogens is 532 g/mol. The van der Waals surface area contributed by atoms with Gasteiger partial charge in [-0.15, -0.1) is 11.3 Å². The van der Waals surface area contributed by atoms with E-state index in [-0.39, 0.29) is 5.88 Å². The van der Waals surface area contributed by atoms with Crippen molar-refractivity contribution in [2.24, 2.45) is 4.99 Å². The Kier molecular flexibility index (Phi) is 7.18. The minimum Gasteiger partial charge on any atom is -0.497 e. The smallest absolute Gasteiger partial charge is 0.238 e. The molecule has 0 spiro atoms. The molecule has 0 aliphatic rings. The highest BCUT2D eigenvalue weighted by molar-refractivity contribution is 7.13. The molecule has 0 fully saturated rings. The van der Waals surface area contributed by atoms with Gasteiger partial charge in [0.25, 0.3) is 0 Å². The maximum absolute atomic E-state index is 10.3. The number of rotatable bonds is 8. The van der Waals surface area contributed by atoms with Gasteiger partial charge in [0.2, 0.25) is 5.88 Å². The predicted octanol–water partition coefficient (Wildman–Crippen LogP) is 8.17. The maximum atomic E-state index is 10.3. The molecule has 0 atom stereocenters. The lowest BCUT2D eigenvalue weighted by molar-refractivity contribution is 0.414. The number of nitrogens with zero attached hydrogens (tertiary/aromatic N) is 4. The van der Waals surface area contributed by atoms with Gasteiger partial charge < -0.3 is 13.9 Å². The van der Waals surface area contributed by atoms with Gasteiger partial charge >= 0.3 is 0 Å². The molecule has 200 valence electrons. The highest BCUT2D eigenvalue weighted by atomic mass is 32.1. The molecule has 0 amide bonds. The Labute approximate surface area is 241 Å². The molecule has 3 heterocycles. The summed E-state index contributed by atoms with van der Waals surface area (Å²) < 4.78 is 18.8. The van der Waals surface area contributed by atoms with Gasteiger partial charge in [-0.05, 0) is 65.5 Å². The third-order valence-electron chi connectivity index (χ3n) is 6.57. The largest absolute Gasteiger partial charge is 0.497 e. The van der Waals surface area contributed by atoms with Gasteiger partial charge in [-0.2, -0.15) is 10.4 Å². The summed E-state index contributed by atoms with van der Waals surface area (Å²) in [7, 11) is 3.24. The Balaban J connectivity index is 1.48. The van der Waals surface area contributed by atoms with Crippen molar-refractivity contribution in [3.63, 3.8) is 0 Å². The molecule has 0 bridgehead atoms. The molecule has 0 aliphatic heterocycles. The first-order valence-electron chi connectivity index (χ1n) is 12.8. The summed E-state index contributed by atoms with van der Waals surface area (Å²) in [5, 5.41) is 17.2. The highest BCUT2D eigenvalue weighted by Gasteiger charge is 2.23. The standard InChI is InChI=1S/C33H24N4O3S/c1-38-26-14-10-22(11-15-26)30-28(19-34)33(40-32(30)23-12-16-27(39-2)17-13-23)35-20-24-21-37(25-7-4-3-5-8-25)36-31(24)29-9-6-18-41-29/h3-18,20-21H,1-2H3/b35-20+. The summed E-state index contributed by atoms with van der Waals surface area (Å²) in [4.78, 5) is 5.73. The molecule has 0 radical (unpaired) electrons. The van der Waals surface area contributed by atoms with Crippen LogP contribution in [0.1, 0.15) is 11.1 Å². The molecule has 3 aromatic carbocycles. The first-order chi connectivity index (χ1) is 20.2. The van der Waals surface area contributed by atoms with Crippen molar-refractivity contribution in [1.82, 2.24) is 9.78 Å². The van der Waals surface area contributed by atoms with Gasteiger partial charge in [0, 0.05) is 29.1 Å². The van der Waals surface area contributed by atoms with Crippen molar-refractivity contribution in [3.05, 3.63) is 114 Å². The maximum Gasteiger partial charge on any atom is 0.238 e. The van der Waals surface area contributed by atoms with Crippen molar-refractivity contribution < 1.29 is 13.9 Å². The van der Waals surface area contributed by atoms with Crippen LogP contribution in [0.4, 0.5) is 5.88 Å². The van der Waals surface area contributed by atoms with Crippen LogP contribution in [0.5, 0.6) is 11.5 Å². The summed E-state index contributed by atoms with van der Waals surface area (Å²) in [5.74, 6) is 2.20. The molecule has 6 aromatic rings. The Bertz CT molecular complexity index is 1850. The van der Waals surface area contributed by atoms with E-state index in [1.807, 2.05) is 107 Å². The number of thiophene rings is 1. The Morgan fingerprint density at radius 1 is 0.878 bits per heavy atom. The van der Waals surface area contributed by atoms with Gasteiger partial charge in [-0.25, -0.2) is 9.67 Å². The van der Waals surface area contributed by atoms with E-state index in [0.29, 0.717) is 16.9 Å². The van der Waals surface area contributed by atoms with E-state index in [1.54, 1.807) is 31.8 Å². The van der Waals surface area contributed by atoms with Crippen LogP contribution in [0.2, 0.25) is 0 Å². The number of furan rings is 1. The first kappa shape index (κ1) is 25.9. The van der Waals surface area contributed by atoms with Crippen molar-refractivity contribution in [2.75, 3.05) is 14.2 Å². The van der Waals surface area contributed by atoms with Gasteiger partial charge in [-0.3, -0.25) is 0 Å². The van der Waals surface area contributed by atoms with E-state index < -0.39 is 0 Å². The quantitative estimate of drug-likeness (QED) is 0.177. The zero-order valence-corrected chi connectivity index (χ0v) is 23.1. The monoisotopic (exact) mass is 556 g/mol. The van der Waals surface area contributed by atoms with Crippen LogP contribution in [-0.2, 0) is 0 Å². The summed E-state index contributed by atoms with van der Waals surface area (Å²) >= 11 is 1.60. The van der Waals surface area contributed by atoms with Crippen LogP contribution in [0.15, 0.2) is 112 Å². The Hall–Kier alpha value is -5.39. The average molecular weight is 557 g/mol. The molecule has 8 heteroatoms. The van der Waals surface area contributed by atoms with Crippen molar-refractivity contribution in [3.8, 4) is 56.3 Å². The van der Waals surface area contributed by atoms with Crippen molar-refractivity contribution >= 4 is 23.4 Å². The number of para-hydroxylation sites is 1. The molecule has 6 rings (SSSR count). The van der Waals surface area contributed by atoms with E-state index >= 15 is 0 Å². The molecule has 0 saturated heterocycles. The fourth-order valence-corrected chi connectivity index (χ4v) is 5.25. The highest BCUT2D eigenvalue weighted by Crippen LogP contribution is 2.43. The lowest BCUT2D eigenvalue weighted by Gasteiger charge is -2.06. The van der Waals surface area contributed by atoms with Crippen molar-refractivity contribution in [1.29, 1.82) is 5.26 Å². The molecule has 0 saturated carbocycles. The van der Waals surface area contributed by atoms with Crippen molar-refractivity contribution in [2.45, 2.75) is 0 Å². The molecule has 3 aromatic heterocycles. The van der Waals surface area contributed by atoms with Gasteiger partial charge in [-0.1, -0.05) is 36.4 Å². The number of hydrogen-bond acceptors (Lipinski definition) is 7. The number of aromatic nitrogens is 2. The zero-order valence-electron chi connectivity index (χ0n) is 22.3. The van der Waals surface area contributed by atoms with Gasteiger partial charge in [0.15, 0.2) is 0 Å². The second kappa shape index (κ2) is 11.4. The van der Waals surface area contributed by atoms with Crippen LogP contribution in [-0.4, -0.2) is 30.2 Å². The number of hydrogen-bond donors (Lipinski definition) is 0. The number of benzene rings is 3. The van der Waals surface area contributed by atoms with Gasteiger partial charge in [0.05, 0.1) is 24.8 Å². The van der Waals surface area contributed by atoms with Crippen LogP contribution >= 0.6 is 11.3 Å². The summed E-state index contributed by atoms with van der Waals surface area (Å²) in [6, 6.07) is 31.3. The fraction of sp³-hybridized carbons (Fsp3) is 0.0606. The van der Waals surface area contributed by atoms with E-state index in [1.165, 1.54) is 0 Å². The minimum absolute atomic E-state index is 0.216. The topological polar surface area (TPSA) is 85.6 Å². The summed E-state index contributed by atoms with van der Waals surface area (Å²) in [6.45, 7) is 0. The zero-order chi connectivity index (χ0) is 28.2. The Morgan fingerprint density at radius 3 is 2.17 bits per heavy atom. The number of nitriles is 1. The van der Waals surface area contributed by atoms with E-state index in [9.17, 15) is 5.26 Å². The van der Waals surface area contributed by atoms with Crippen LogP contribution in [0.3, 0.4) is 0 Å². The lowest BCUT2D eigenvalue weighted by Crippen LogP contribution is -1.93. The van der Waals surface area contributed by atoms with Crippen LogP contribution in [0.25, 0.3) is 38.7 Å². The predicted molar refractivity (Wildman–Crippen MR) is 162 cm³/mol.